The van der Waals surface area contributed by atoms with Crippen LogP contribution in [0.25, 0.3) is 0 Å². The Balaban J connectivity index is 0.00000112. The number of halogens is 1. The van der Waals surface area contributed by atoms with Crippen LogP contribution in [0, 0.1) is 5.92 Å². The lowest BCUT2D eigenvalue weighted by atomic mass is 10.1. The highest BCUT2D eigenvalue weighted by Crippen LogP contribution is 2.42. The topological polar surface area (TPSA) is 53.7 Å². The van der Waals surface area contributed by atoms with Gasteiger partial charge in [-0.05, 0) is 25.2 Å². The summed E-state index contributed by atoms with van der Waals surface area (Å²) in [6.45, 7) is 2.79. The molecule has 4 nitrogen and oxygen atoms in total. The fraction of sp³-hybridized carbons (Fsp3) is 1.00. The second-order valence-corrected chi connectivity index (χ2v) is 4.30. The van der Waals surface area contributed by atoms with E-state index in [1.807, 2.05) is 6.92 Å². The number of hydrogen-bond acceptors (Lipinski definition) is 4. The molecule has 0 amide bonds. The van der Waals surface area contributed by atoms with E-state index in [4.69, 9.17) is 19.9 Å². The highest BCUT2D eigenvalue weighted by Gasteiger charge is 2.53. The lowest BCUT2D eigenvalue weighted by molar-refractivity contribution is -0.101. The first-order valence-electron chi connectivity index (χ1n) is 5.29. The summed E-state index contributed by atoms with van der Waals surface area (Å²) in [6.07, 6.45) is 2.63. The fourth-order valence-corrected chi connectivity index (χ4v) is 2.46. The highest BCUT2D eigenvalue weighted by molar-refractivity contribution is 5.85. The molecule has 4 atom stereocenters. The summed E-state index contributed by atoms with van der Waals surface area (Å²) in [5.41, 5.74) is 5.60. The normalized spacial score (nSPS) is 43.8. The lowest BCUT2D eigenvalue weighted by Crippen LogP contribution is -2.45. The van der Waals surface area contributed by atoms with E-state index in [2.05, 4.69) is 0 Å². The molecule has 2 fully saturated rings. The molecule has 0 aromatic rings. The van der Waals surface area contributed by atoms with E-state index >= 15 is 0 Å². The van der Waals surface area contributed by atoms with Crippen LogP contribution < -0.4 is 5.73 Å². The SMILES string of the molecule is CCC1OC2CC(COC)CC2(N)O1.Cl. The molecule has 4 unspecified atom stereocenters. The smallest absolute Gasteiger partial charge is 0.160 e. The molecule has 15 heavy (non-hydrogen) atoms. The first kappa shape index (κ1) is 13.2. The van der Waals surface area contributed by atoms with E-state index in [0.29, 0.717) is 5.92 Å². The standard InChI is InChI=1S/C10H19NO3.ClH/c1-3-9-13-8-4-7(6-12-2)5-10(8,11)14-9;/h7-9H,3-6,11H2,1-2H3;1H. The number of fused-ring (bicyclic) bond motifs is 1. The van der Waals surface area contributed by atoms with Gasteiger partial charge in [0.1, 0.15) is 11.8 Å². The molecule has 1 aliphatic heterocycles. The summed E-state index contributed by atoms with van der Waals surface area (Å²) in [4.78, 5) is 0. The minimum absolute atomic E-state index is 0. The summed E-state index contributed by atoms with van der Waals surface area (Å²) in [5, 5.41) is 0. The number of methoxy groups -OCH3 is 1. The molecule has 2 aliphatic rings. The van der Waals surface area contributed by atoms with Crippen molar-refractivity contribution in [2.45, 2.75) is 44.3 Å². The van der Waals surface area contributed by atoms with Gasteiger partial charge in [0, 0.05) is 13.7 Å². The number of rotatable bonds is 3. The van der Waals surface area contributed by atoms with Crippen molar-refractivity contribution in [2.24, 2.45) is 11.7 Å². The van der Waals surface area contributed by atoms with Gasteiger partial charge in [-0.25, -0.2) is 0 Å². The van der Waals surface area contributed by atoms with E-state index in [-0.39, 0.29) is 24.8 Å². The van der Waals surface area contributed by atoms with Crippen LogP contribution in [0.5, 0.6) is 0 Å². The molecule has 5 heteroatoms. The van der Waals surface area contributed by atoms with Crippen LogP contribution in [0.1, 0.15) is 26.2 Å². The van der Waals surface area contributed by atoms with Crippen molar-refractivity contribution < 1.29 is 14.2 Å². The maximum Gasteiger partial charge on any atom is 0.160 e. The van der Waals surface area contributed by atoms with Gasteiger partial charge in [0.15, 0.2) is 6.29 Å². The first-order valence-corrected chi connectivity index (χ1v) is 5.29. The van der Waals surface area contributed by atoms with Crippen LogP contribution in [-0.2, 0) is 14.2 Å². The van der Waals surface area contributed by atoms with Crippen LogP contribution in [-0.4, -0.2) is 31.8 Å². The number of hydrogen-bond donors (Lipinski definition) is 1. The predicted octanol–water partition coefficient (Wildman–Crippen LogP) is 1.27. The average Bonchev–Trinajstić information content (AvgIpc) is 2.56. The third kappa shape index (κ3) is 2.45. The second-order valence-electron chi connectivity index (χ2n) is 4.30. The summed E-state index contributed by atoms with van der Waals surface area (Å²) >= 11 is 0. The number of ether oxygens (including phenoxy) is 3. The average molecular weight is 238 g/mol. The monoisotopic (exact) mass is 237 g/mol. The zero-order valence-corrected chi connectivity index (χ0v) is 10.1. The largest absolute Gasteiger partial charge is 0.384 e. The van der Waals surface area contributed by atoms with Crippen molar-refractivity contribution in [1.29, 1.82) is 0 Å². The Morgan fingerprint density at radius 2 is 2.27 bits per heavy atom. The van der Waals surface area contributed by atoms with E-state index in [9.17, 15) is 0 Å². The molecular formula is C10H20ClNO3. The van der Waals surface area contributed by atoms with Gasteiger partial charge in [0.05, 0.1) is 0 Å². The molecule has 2 N–H and O–H groups in total. The van der Waals surface area contributed by atoms with Gasteiger partial charge in [-0.1, -0.05) is 6.92 Å². The molecule has 0 radical (unpaired) electrons. The Kier molecular flexibility index (Phi) is 4.38. The molecule has 1 aliphatic carbocycles. The van der Waals surface area contributed by atoms with Crippen LogP contribution in [0.3, 0.4) is 0 Å². The predicted molar refractivity (Wildman–Crippen MR) is 58.8 cm³/mol. The first-order chi connectivity index (χ1) is 6.68. The van der Waals surface area contributed by atoms with Crippen molar-refractivity contribution in [1.82, 2.24) is 0 Å². The Labute approximate surface area is 96.8 Å². The van der Waals surface area contributed by atoms with Gasteiger partial charge in [-0.3, -0.25) is 0 Å². The Morgan fingerprint density at radius 3 is 2.80 bits per heavy atom. The molecule has 1 saturated heterocycles. The maximum atomic E-state index is 6.15. The minimum Gasteiger partial charge on any atom is -0.384 e. The lowest BCUT2D eigenvalue weighted by Gasteiger charge is -2.21. The van der Waals surface area contributed by atoms with Gasteiger partial charge in [0.2, 0.25) is 0 Å². The van der Waals surface area contributed by atoms with Crippen LogP contribution >= 0.6 is 12.4 Å². The summed E-state index contributed by atoms with van der Waals surface area (Å²) in [6, 6.07) is 0. The van der Waals surface area contributed by atoms with Gasteiger partial charge >= 0.3 is 0 Å². The van der Waals surface area contributed by atoms with Gasteiger partial charge in [-0.2, -0.15) is 0 Å². The third-order valence-electron chi connectivity index (χ3n) is 3.10. The van der Waals surface area contributed by atoms with Crippen molar-refractivity contribution in [3.05, 3.63) is 0 Å². The molecule has 1 heterocycles. The third-order valence-corrected chi connectivity index (χ3v) is 3.10. The molecule has 0 aromatic carbocycles. The number of nitrogens with two attached hydrogens (primary N) is 1. The maximum absolute atomic E-state index is 6.15. The Hall–Kier alpha value is 0.130. The summed E-state index contributed by atoms with van der Waals surface area (Å²) in [5.74, 6) is 0.479. The van der Waals surface area contributed by atoms with Crippen molar-refractivity contribution in [2.75, 3.05) is 13.7 Å². The van der Waals surface area contributed by atoms with E-state index < -0.39 is 5.72 Å². The van der Waals surface area contributed by atoms with Crippen LogP contribution in [0.4, 0.5) is 0 Å². The van der Waals surface area contributed by atoms with E-state index in [1.165, 1.54) is 0 Å². The quantitative estimate of drug-likeness (QED) is 0.803. The Bertz CT molecular complexity index is 217. The molecule has 0 aromatic heterocycles. The molecule has 90 valence electrons. The zero-order valence-electron chi connectivity index (χ0n) is 9.27. The molecule has 2 rings (SSSR count). The summed E-state index contributed by atoms with van der Waals surface area (Å²) < 4.78 is 16.5. The summed E-state index contributed by atoms with van der Waals surface area (Å²) in [7, 11) is 1.72. The molecular weight excluding hydrogens is 218 g/mol. The highest BCUT2D eigenvalue weighted by atomic mass is 35.5. The van der Waals surface area contributed by atoms with Gasteiger partial charge < -0.3 is 19.9 Å². The fourth-order valence-electron chi connectivity index (χ4n) is 2.46. The molecule has 0 spiro atoms. The van der Waals surface area contributed by atoms with Crippen molar-refractivity contribution in [3.63, 3.8) is 0 Å². The second kappa shape index (κ2) is 4.97. The van der Waals surface area contributed by atoms with Gasteiger partial charge in [0.25, 0.3) is 0 Å². The van der Waals surface area contributed by atoms with Crippen molar-refractivity contribution in [3.8, 4) is 0 Å². The zero-order chi connectivity index (χ0) is 10.2. The van der Waals surface area contributed by atoms with Crippen molar-refractivity contribution >= 4 is 12.4 Å². The van der Waals surface area contributed by atoms with Crippen LogP contribution in [0.2, 0.25) is 0 Å². The van der Waals surface area contributed by atoms with Crippen LogP contribution in [0.15, 0.2) is 0 Å². The molecule has 1 saturated carbocycles. The van der Waals surface area contributed by atoms with Gasteiger partial charge in [-0.15, -0.1) is 12.4 Å². The molecule has 0 bridgehead atoms. The Morgan fingerprint density at radius 1 is 1.53 bits per heavy atom. The van der Waals surface area contributed by atoms with E-state index in [0.717, 1.165) is 25.9 Å². The van der Waals surface area contributed by atoms with E-state index in [1.54, 1.807) is 7.11 Å². The minimum atomic E-state index is -0.552.